The molecule has 0 unspecified atom stereocenters. The zero-order chi connectivity index (χ0) is 12.1. The van der Waals surface area contributed by atoms with Crippen LogP contribution in [0.4, 0.5) is 4.39 Å². The second-order valence-electron chi connectivity index (χ2n) is 4.27. The fraction of sp³-hybridized carbons (Fsp3) is 0.500. The lowest BCUT2D eigenvalue weighted by molar-refractivity contribution is 0.0957. The zero-order valence-electron chi connectivity index (χ0n) is 10.2. The lowest BCUT2D eigenvalue weighted by atomic mass is 9.92. The maximum Gasteiger partial charge on any atom is 0.163 e. The number of carbonyl (C=O) groups is 1. The van der Waals surface area contributed by atoms with Crippen LogP contribution in [0.15, 0.2) is 18.2 Å². The van der Waals surface area contributed by atoms with Crippen LogP contribution in [0.1, 0.15) is 49.0 Å². The van der Waals surface area contributed by atoms with Crippen molar-refractivity contribution < 1.29 is 9.18 Å². The van der Waals surface area contributed by atoms with Crippen LogP contribution >= 0.6 is 0 Å². The average molecular weight is 222 g/mol. The molecule has 1 nitrogen and oxygen atoms in total. The van der Waals surface area contributed by atoms with Crippen LogP contribution in [0.25, 0.3) is 0 Å². The number of carbonyl (C=O) groups excluding carboxylic acids is 1. The summed E-state index contributed by atoms with van der Waals surface area (Å²) in [7, 11) is 0. The van der Waals surface area contributed by atoms with Gasteiger partial charge in [0.1, 0.15) is 5.82 Å². The fourth-order valence-electron chi connectivity index (χ4n) is 1.84. The maximum absolute atomic E-state index is 13.1. The van der Waals surface area contributed by atoms with Crippen molar-refractivity contribution in [3.05, 3.63) is 35.1 Å². The maximum atomic E-state index is 13.1. The number of benzene rings is 1. The molecule has 0 saturated heterocycles. The summed E-state index contributed by atoms with van der Waals surface area (Å²) in [4.78, 5) is 12.0. The normalized spacial score (nSPS) is 10.8. The van der Waals surface area contributed by atoms with Crippen molar-refractivity contribution in [1.29, 1.82) is 0 Å². The highest BCUT2D eigenvalue weighted by Gasteiger charge is 2.14. The SMILES string of the molecule is CCC(CC)CC(=O)c1cc(F)ccc1C. The summed E-state index contributed by atoms with van der Waals surface area (Å²) in [5.74, 6) is 0.138. The second-order valence-corrected chi connectivity index (χ2v) is 4.27. The minimum Gasteiger partial charge on any atom is -0.294 e. The van der Waals surface area contributed by atoms with Gasteiger partial charge in [0.25, 0.3) is 0 Å². The van der Waals surface area contributed by atoms with E-state index >= 15 is 0 Å². The Morgan fingerprint density at radius 3 is 2.50 bits per heavy atom. The molecule has 0 radical (unpaired) electrons. The zero-order valence-corrected chi connectivity index (χ0v) is 10.2. The van der Waals surface area contributed by atoms with Gasteiger partial charge in [0.2, 0.25) is 0 Å². The topological polar surface area (TPSA) is 17.1 Å². The van der Waals surface area contributed by atoms with Crippen LogP contribution in [0.3, 0.4) is 0 Å². The molecule has 2 heteroatoms. The molecule has 0 heterocycles. The van der Waals surface area contributed by atoms with Crippen molar-refractivity contribution in [2.24, 2.45) is 5.92 Å². The van der Waals surface area contributed by atoms with E-state index < -0.39 is 0 Å². The number of hydrogen-bond acceptors (Lipinski definition) is 1. The number of ketones is 1. The number of rotatable bonds is 5. The Morgan fingerprint density at radius 2 is 1.94 bits per heavy atom. The quantitative estimate of drug-likeness (QED) is 0.684. The van der Waals surface area contributed by atoms with E-state index in [0.29, 0.717) is 17.9 Å². The predicted molar refractivity (Wildman–Crippen MR) is 64.2 cm³/mol. The molecular formula is C14H19FO. The van der Waals surface area contributed by atoms with Crippen molar-refractivity contribution in [2.45, 2.75) is 40.0 Å². The first-order valence-electron chi connectivity index (χ1n) is 5.87. The Labute approximate surface area is 96.7 Å². The van der Waals surface area contributed by atoms with Crippen molar-refractivity contribution in [3.8, 4) is 0 Å². The van der Waals surface area contributed by atoms with E-state index in [1.54, 1.807) is 6.07 Å². The van der Waals surface area contributed by atoms with Crippen LogP contribution in [-0.4, -0.2) is 5.78 Å². The van der Waals surface area contributed by atoms with Gasteiger partial charge >= 0.3 is 0 Å². The van der Waals surface area contributed by atoms with E-state index in [2.05, 4.69) is 13.8 Å². The van der Waals surface area contributed by atoms with Gasteiger partial charge in [-0.3, -0.25) is 4.79 Å². The van der Waals surface area contributed by atoms with Crippen LogP contribution in [0.5, 0.6) is 0 Å². The molecule has 0 aromatic heterocycles. The third-order valence-corrected chi connectivity index (χ3v) is 3.13. The van der Waals surface area contributed by atoms with Crippen molar-refractivity contribution in [3.63, 3.8) is 0 Å². The van der Waals surface area contributed by atoms with Gasteiger partial charge < -0.3 is 0 Å². The lowest BCUT2D eigenvalue weighted by Crippen LogP contribution is -2.09. The highest BCUT2D eigenvalue weighted by atomic mass is 19.1. The molecule has 1 aromatic rings. The van der Waals surface area contributed by atoms with Gasteiger partial charge in [0.15, 0.2) is 5.78 Å². The molecule has 0 saturated carbocycles. The molecule has 0 N–H and O–H groups in total. The van der Waals surface area contributed by atoms with E-state index in [9.17, 15) is 9.18 Å². The van der Waals surface area contributed by atoms with E-state index in [-0.39, 0.29) is 11.6 Å². The van der Waals surface area contributed by atoms with E-state index in [4.69, 9.17) is 0 Å². The molecule has 0 spiro atoms. The summed E-state index contributed by atoms with van der Waals surface area (Å²) in [6.07, 6.45) is 2.52. The Hall–Kier alpha value is -1.18. The molecule has 0 aliphatic carbocycles. The van der Waals surface area contributed by atoms with Gasteiger partial charge in [0, 0.05) is 12.0 Å². The summed E-state index contributed by atoms with van der Waals surface area (Å²) >= 11 is 0. The summed E-state index contributed by atoms with van der Waals surface area (Å²) in [6.45, 7) is 6.01. The standard InChI is InChI=1S/C14H19FO/c1-4-11(5-2)8-14(16)13-9-12(15)7-6-10(13)3/h6-7,9,11H,4-5,8H2,1-3H3. The number of hydrogen-bond donors (Lipinski definition) is 0. The fourth-order valence-corrected chi connectivity index (χ4v) is 1.84. The van der Waals surface area contributed by atoms with Crippen molar-refractivity contribution >= 4 is 5.78 Å². The summed E-state index contributed by atoms with van der Waals surface area (Å²) in [6, 6.07) is 4.40. The Morgan fingerprint density at radius 1 is 1.31 bits per heavy atom. The highest BCUT2D eigenvalue weighted by molar-refractivity contribution is 5.97. The molecule has 0 aliphatic rings. The highest BCUT2D eigenvalue weighted by Crippen LogP contribution is 2.19. The second kappa shape index (κ2) is 5.78. The molecule has 1 rings (SSSR count). The van der Waals surface area contributed by atoms with Crippen LogP contribution in [0, 0.1) is 18.7 Å². The average Bonchev–Trinajstić information content (AvgIpc) is 2.28. The number of aryl methyl sites for hydroxylation is 1. The summed E-state index contributed by atoms with van der Waals surface area (Å²) < 4.78 is 13.1. The third-order valence-electron chi connectivity index (χ3n) is 3.13. The van der Waals surface area contributed by atoms with Gasteiger partial charge in [-0.25, -0.2) is 4.39 Å². The largest absolute Gasteiger partial charge is 0.294 e. The van der Waals surface area contributed by atoms with Crippen LogP contribution in [0.2, 0.25) is 0 Å². The smallest absolute Gasteiger partial charge is 0.163 e. The minimum atomic E-state index is -0.335. The van der Waals surface area contributed by atoms with Crippen molar-refractivity contribution in [1.82, 2.24) is 0 Å². The molecule has 1 aromatic carbocycles. The van der Waals surface area contributed by atoms with Gasteiger partial charge in [0.05, 0.1) is 0 Å². The summed E-state index contributed by atoms with van der Waals surface area (Å²) in [5.41, 5.74) is 1.39. The van der Waals surface area contributed by atoms with Crippen LogP contribution < -0.4 is 0 Å². The first kappa shape index (κ1) is 12.9. The van der Waals surface area contributed by atoms with E-state index in [1.807, 2.05) is 6.92 Å². The molecule has 0 bridgehead atoms. The lowest BCUT2D eigenvalue weighted by Gasteiger charge is -2.12. The third kappa shape index (κ3) is 3.16. The Balaban J connectivity index is 2.83. The molecule has 0 atom stereocenters. The molecule has 88 valence electrons. The van der Waals surface area contributed by atoms with Gasteiger partial charge in [-0.15, -0.1) is 0 Å². The van der Waals surface area contributed by atoms with Crippen molar-refractivity contribution in [2.75, 3.05) is 0 Å². The summed E-state index contributed by atoms with van der Waals surface area (Å²) in [5, 5.41) is 0. The van der Waals surface area contributed by atoms with Gasteiger partial charge in [-0.1, -0.05) is 32.8 Å². The molecule has 0 aliphatic heterocycles. The van der Waals surface area contributed by atoms with Crippen LogP contribution in [-0.2, 0) is 0 Å². The Kier molecular flexibility index (Phi) is 4.66. The Bertz CT molecular complexity index is 367. The first-order valence-corrected chi connectivity index (χ1v) is 5.87. The van der Waals surface area contributed by atoms with Gasteiger partial charge in [-0.2, -0.15) is 0 Å². The molecule has 0 fully saturated rings. The minimum absolute atomic E-state index is 0.0608. The molecule has 0 amide bonds. The van der Waals surface area contributed by atoms with E-state index in [1.165, 1.54) is 12.1 Å². The molecule has 16 heavy (non-hydrogen) atoms. The number of halogens is 1. The van der Waals surface area contributed by atoms with E-state index in [0.717, 1.165) is 18.4 Å². The monoisotopic (exact) mass is 222 g/mol. The first-order chi connectivity index (χ1) is 7.58. The molecular weight excluding hydrogens is 203 g/mol. The number of Topliss-reactive ketones (excluding diaryl/α,β-unsaturated/α-hetero) is 1. The predicted octanol–water partition coefficient (Wildman–Crippen LogP) is 4.14. The van der Waals surface area contributed by atoms with Gasteiger partial charge in [-0.05, 0) is 30.5 Å².